The second-order valence-corrected chi connectivity index (χ2v) is 7.03. The Morgan fingerprint density at radius 1 is 0.929 bits per heavy atom. The fourth-order valence-corrected chi connectivity index (χ4v) is 2.55. The predicted molar refractivity (Wildman–Crippen MR) is 113 cm³/mol. The van der Waals surface area contributed by atoms with Gasteiger partial charge in [0.1, 0.15) is 17.2 Å². The van der Waals surface area contributed by atoms with E-state index in [4.69, 9.17) is 14.2 Å². The molecule has 0 heterocycles. The van der Waals surface area contributed by atoms with Crippen molar-refractivity contribution < 1.29 is 19.0 Å². The molecule has 0 spiro atoms. The molecule has 0 saturated heterocycles. The molecule has 4 heteroatoms. The van der Waals surface area contributed by atoms with Crippen molar-refractivity contribution in [3.63, 3.8) is 0 Å². The summed E-state index contributed by atoms with van der Waals surface area (Å²) in [6.45, 7) is 13.3. The number of ketones is 1. The first kappa shape index (κ1) is 21.3. The molecule has 0 aliphatic carbocycles. The first-order valence-electron chi connectivity index (χ1n) is 9.38. The molecule has 0 fully saturated rings. The number of hydrogen-bond donors (Lipinski definition) is 0. The first-order chi connectivity index (χ1) is 13.3. The van der Waals surface area contributed by atoms with Gasteiger partial charge in [0, 0.05) is 5.56 Å². The molecule has 2 aromatic carbocycles. The molecule has 0 radical (unpaired) electrons. The lowest BCUT2D eigenvalue weighted by Crippen LogP contribution is -2.10. The van der Waals surface area contributed by atoms with E-state index in [-0.39, 0.29) is 18.0 Å². The lowest BCUT2D eigenvalue weighted by molar-refractivity contribution is 0.104. The largest absolute Gasteiger partial charge is 0.490 e. The zero-order chi connectivity index (χ0) is 20.7. The number of rotatable bonds is 9. The highest BCUT2D eigenvalue weighted by Crippen LogP contribution is 2.31. The van der Waals surface area contributed by atoms with Crippen molar-refractivity contribution in [3.05, 3.63) is 72.0 Å². The number of benzene rings is 2. The van der Waals surface area contributed by atoms with Crippen molar-refractivity contribution in [2.75, 3.05) is 0 Å². The summed E-state index contributed by atoms with van der Waals surface area (Å²) < 4.78 is 17.2. The van der Waals surface area contributed by atoms with Crippen molar-refractivity contribution in [3.8, 4) is 17.2 Å². The van der Waals surface area contributed by atoms with Crippen LogP contribution in [0.5, 0.6) is 17.2 Å². The molecule has 0 bridgehead atoms. The van der Waals surface area contributed by atoms with Gasteiger partial charge >= 0.3 is 0 Å². The van der Waals surface area contributed by atoms with Gasteiger partial charge in [-0.15, -0.1) is 0 Å². The number of hydrogen-bond acceptors (Lipinski definition) is 4. The van der Waals surface area contributed by atoms with Crippen LogP contribution in [0.25, 0.3) is 6.08 Å². The summed E-state index contributed by atoms with van der Waals surface area (Å²) in [4.78, 5) is 12.6. The van der Waals surface area contributed by atoms with E-state index in [9.17, 15) is 4.79 Å². The summed E-state index contributed by atoms with van der Waals surface area (Å²) in [7, 11) is 0. The molecule has 0 atom stereocenters. The number of ether oxygens (including phenoxy) is 3. The third-order valence-electron chi connectivity index (χ3n) is 3.58. The molecule has 0 saturated carbocycles. The van der Waals surface area contributed by atoms with Crippen LogP contribution in [0.2, 0.25) is 0 Å². The third-order valence-corrected chi connectivity index (χ3v) is 3.58. The van der Waals surface area contributed by atoms with E-state index in [1.54, 1.807) is 37.3 Å². The molecular weight excluding hydrogens is 352 g/mol. The summed E-state index contributed by atoms with van der Waals surface area (Å²) in [5, 5.41) is 0. The van der Waals surface area contributed by atoms with E-state index in [1.807, 2.05) is 45.9 Å². The summed E-state index contributed by atoms with van der Waals surface area (Å²) in [5.41, 5.74) is 1.32. The minimum absolute atomic E-state index is 0.0120. The minimum Gasteiger partial charge on any atom is -0.490 e. The quantitative estimate of drug-likeness (QED) is 0.301. The Bertz CT molecular complexity index is 817. The molecule has 0 aliphatic heterocycles. The van der Waals surface area contributed by atoms with Gasteiger partial charge in [0.2, 0.25) is 0 Å². The molecule has 2 aromatic rings. The zero-order valence-electron chi connectivity index (χ0n) is 17.2. The Morgan fingerprint density at radius 2 is 1.46 bits per heavy atom. The average molecular weight is 380 g/mol. The van der Waals surface area contributed by atoms with Crippen molar-refractivity contribution in [2.24, 2.45) is 0 Å². The van der Waals surface area contributed by atoms with Gasteiger partial charge in [0.25, 0.3) is 0 Å². The molecule has 28 heavy (non-hydrogen) atoms. The Balaban J connectivity index is 2.27. The zero-order valence-corrected chi connectivity index (χ0v) is 17.2. The van der Waals surface area contributed by atoms with E-state index in [1.165, 1.54) is 6.08 Å². The van der Waals surface area contributed by atoms with Gasteiger partial charge in [-0.05, 0) is 83.2 Å². The van der Waals surface area contributed by atoms with Crippen LogP contribution in [0.15, 0.2) is 60.9 Å². The van der Waals surface area contributed by atoms with Gasteiger partial charge in [0.05, 0.1) is 23.5 Å². The van der Waals surface area contributed by atoms with Crippen LogP contribution in [-0.2, 0) is 0 Å². The Kier molecular flexibility index (Phi) is 7.44. The highest BCUT2D eigenvalue weighted by molar-refractivity contribution is 6.07. The first-order valence-corrected chi connectivity index (χ1v) is 9.38. The van der Waals surface area contributed by atoms with E-state index in [2.05, 4.69) is 6.58 Å². The van der Waals surface area contributed by atoms with Crippen molar-refractivity contribution in [2.45, 2.75) is 46.8 Å². The van der Waals surface area contributed by atoms with Gasteiger partial charge in [-0.2, -0.15) is 0 Å². The highest BCUT2D eigenvalue weighted by Gasteiger charge is 2.12. The van der Waals surface area contributed by atoms with E-state index < -0.39 is 0 Å². The SMILES string of the molecule is C=C(C)Oc1ccc(C(=O)C=Cc2c(OC(C)C)cccc2OC(C)C)cc1. The fraction of sp³-hybridized carbons (Fsp3) is 0.292. The Labute approximate surface area is 167 Å². The lowest BCUT2D eigenvalue weighted by Gasteiger charge is -2.17. The van der Waals surface area contributed by atoms with Crippen LogP contribution >= 0.6 is 0 Å². The topological polar surface area (TPSA) is 44.8 Å². The fourth-order valence-electron chi connectivity index (χ4n) is 2.55. The van der Waals surface area contributed by atoms with E-state index >= 15 is 0 Å². The molecule has 2 rings (SSSR count). The van der Waals surface area contributed by atoms with Gasteiger partial charge in [-0.1, -0.05) is 12.6 Å². The van der Waals surface area contributed by atoms with Gasteiger partial charge < -0.3 is 14.2 Å². The summed E-state index contributed by atoms with van der Waals surface area (Å²) >= 11 is 0. The van der Waals surface area contributed by atoms with Crippen molar-refractivity contribution in [1.82, 2.24) is 0 Å². The van der Waals surface area contributed by atoms with E-state index in [0.29, 0.717) is 28.6 Å². The van der Waals surface area contributed by atoms with E-state index in [0.717, 1.165) is 5.56 Å². The molecule has 0 aromatic heterocycles. The van der Waals surface area contributed by atoms with Crippen molar-refractivity contribution in [1.29, 1.82) is 0 Å². The third kappa shape index (κ3) is 6.31. The normalized spacial score (nSPS) is 11.1. The maximum absolute atomic E-state index is 12.6. The van der Waals surface area contributed by atoms with Gasteiger partial charge in [0.15, 0.2) is 5.78 Å². The lowest BCUT2D eigenvalue weighted by atomic mass is 10.1. The second kappa shape index (κ2) is 9.79. The monoisotopic (exact) mass is 380 g/mol. The summed E-state index contributed by atoms with van der Waals surface area (Å²) in [5.74, 6) is 2.50. The van der Waals surface area contributed by atoms with Gasteiger partial charge in [-0.3, -0.25) is 4.79 Å². The molecule has 0 unspecified atom stereocenters. The Hall–Kier alpha value is -3.01. The molecule has 0 N–H and O–H groups in total. The van der Waals surface area contributed by atoms with Crippen LogP contribution in [-0.4, -0.2) is 18.0 Å². The van der Waals surface area contributed by atoms with Crippen LogP contribution in [0.1, 0.15) is 50.5 Å². The molecule has 4 nitrogen and oxygen atoms in total. The van der Waals surface area contributed by atoms with Crippen LogP contribution in [0, 0.1) is 0 Å². The smallest absolute Gasteiger partial charge is 0.185 e. The standard InChI is InChI=1S/C24H28O4/c1-16(2)26-20-12-10-19(11-13-20)22(25)15-14-21-23(27-17(3)4)8-7-9-24(21)28-18(5)6/h7-15,17-18H,1H2,2-6H3. The van der Waals surface area contributed by atoms with Crippen LogP contribution in [0.3, 0.4) is 0 Å². The average Bonchev–Trinajstić information content (AvgIpc) is 2.60. The maximum atomic E-state index is 12.6. The van der Waals surface area contributed by atoms with Crippen LogP contribution in [0.4, 0.5) is 0 Å². The summed E-state index contributed by atoms with van der Waals surface area (Å²) in [6, 6.07) is 12.6. The summed E-state index contributed by atoms with van der Waals surface area (Å²) in [6.07, 6.45) is 3.30. The highest BCUT2D eigenvalue weighted by atomic mass is 16.5. The molecular formula is C24H28O4. The molecule has 0 aliphatic rings. The Morgan fingerprint density at radius 3 is 1.93 bits per heavy atom. The number of carbonyl (C=O) groups excluding carboxylic acids is 1. The predicted octanol–water partition coefficient (Wildman–Crippen LogP) is 6.07. The maximum Gasteiger partial charge on any atom is 0.185 e. The van der Waals surface area contributed by atoms with Crippen molar-refractivity contribution >= 4 is 11.9 Å². The second-order valence-electron chi connectivity index (χ2n) is 7.03. The van der Waals surface area contributed by atoms with Crippen LogP contribution < -0.4 is 14.2 Å². The minimum atomic E-state index is -0.114. The number of carbonyl (C=O) groups is 1. The molecule has 148 valence electrons. The van der Waals surface area contributed by atoms with Gasteiger partial charge in [-0.25, -0.2) is 0 Å². The molecule has 0 amide bonds. The number of allylic oxidation sites excluding steroid dienone is 2.